The van der Waals surface area contributed by atoms with Gasteiger partial charge < -0.3 is 15.7 Å². The van der Waals surface area contributed by atoms with Gasteiger partial charge in [-0.1, -0.05) is 12.2 Å². The fourth-order valence-corrected chi connectivity index (χ4v) is 4.44. The second-order valence-electron chi connectivity index (χ2n) is 6.66. The lowest BCUT2D eigenvalue weighted by molar-refractivity contribution is 0.133. The topological polar surface area (TPSA) is 62.4 Å². The quantitative estimate of drug-likeness (QED) is 0.809. The maximum atomic E-state index is 10.1. The molecular weight excluding hydrogens is 282 g/mol. The number of hydrogen-bond acceptors (Lipinski definition) is 4. The molecule has 5 heteroatoms. The van der Waals surface area contributed by atoms with Crippen molar-refractivity contribution in [3.05, 3.63) is 22.9 Å². The number of fused-ring (bicyclic) bond motifs is 2. The van der Waals surface area contributed by atoms with Crippen molar-refractivity contribution in [2.45, 2.75) is 38.2 Å². The van der Waals surface area contributed by atoms with Crippen LogP contribution in [0.1, 0.15) is 36.1 Å². The van der Waals surface area contributed by atoms with Crippen LogP contribution in [0.15, 0.2) is 6.07 Å². The average molecular weight is 303 g/mol. The van der Waals surface area contributed by atoms with E-state index in [4.69, 9.17) is 22.9 Å². The normalized spacial score (nSPS) is 30.5. The second-order valence-corrected chi connectivity index (χ2v) is 7.10. The zero-order valence-electron chi connectivity index (χ0n) is 12.1. The SMILES string of the molecule is NC(=S)c1cc2c(nc1N1CC3CCC(O)C3C1)CCC2. The summed E-state index contributed by atoms with van der Waals surface area (Å²) in [5, 5.41) is 10.1. The fourth-order valence-electron chi connectivity index (χ4n) is 4.29. The molecule has 0 aromatic carbocycles. The van der Waals surface area contributed by atoms with Crippen LogP contribution in [0.3, 0.4) is 0 Å². The molecule has 4 rings (SSSR count). The number of nitrogens with two attached hydrogens (primary N) is 1. The maximum absolute atomic E-state index is 10.1. The number of anilines is 1. The average Bonchev–Trinajstić information content (AvgIpc) is 3.14. The molecule has 112 valence electrons. The van der Waals surface area contributed by atoms with Gasteiger partial charge in [-0.3, -0.25) is 0 Å². The van der Waals surface area contributed by atoms with Gasteiger partial charge in [0.1, 0.15) is 10.8 Å². The lowest BCUT2D eigenvalue weighted by Crippen LogP contribution is -2.28. The Kier molecular flexibility index (Phi) is 3.15. The van der Waals surface area contributed by atoms with Crippen LogP contribution in [0.25, 0.3) is 0 Å². The van der Waals surface area contributed by atoms with E-state index in [0.29, 0.717) is 16.8 Å². The third-order valence-electron chi connectivity index (χ3n) is 5.41. The molecule has 3 unspecified atom stereocenters. The molecule has 1 saturated heterocycles. The lowest BCUT2D eigenvalue weighted by atomic mass is 10.00. The summed E-state index contributed by atoms with van der Waals surface area (Å²) in [5.74, 6) is 1.93. The van der Waals surface area contributed by atoms with Crippen molar-refractivity contribution in [3.63, 3.8) is 0 Å². The minimum absolute atomic E-state index is 0.150. The zero-order chi connectivity index (χ0) is 14.6. The summed E-state index contributed by atoms with van der Waals surface area (Å²) in [5.41, 5.74) is 9.37. The molecule has 2 fully saturated rings. The Bertz CT molecular complexity index is 603. The van der Waals surface area contributed by atoms with Gasteiger partial charge >= 0.3 is 0 Å². The van der Waals surface area contributed by atoms with Crippen LogP contribution in [-0.4, -0.2) is 34.3 Å². The highest BCUT2D eigenvalue weighted by atomic mass is 32.1. The van der Waals surface area contributed by atoms with E-state index >= 15 is 0 Å². The predicted octanol–water partition coefficient (Wildman–Crippen LogP) is 1.41. The summed E-state index contributed by atoms with van der Waals surface area (Å²) < 4.78 is 0. The van der Waals surface area contributed by atoms with Crippen molar-refractivity contribution < 1.29 is 5.11 Å². The largest absolute Gasteiger partial charge is 0.393 e. The van der Waals surface area contributed by atoms with E-state index in [9.17, 15) is 5.11 Å². The summed E-state index contributed by atoms with van der Waals surface area (Å²) in [7, 11) is 0. The Morgan fingerprint density at radius 3 is 2.95 bits per heavy atom. The molecule has 3 aliphatic rings. The number of aryl methyl sites for hydroxylation is 2. The molecule has 0 spiro atoms. The van der Waals surface area contributed by atoms with Crippen LogP contribution in [0, 0.1) is 11.8 Å². The molecule has 1 aromatic rings. The Hall–Kier alpha value is -1.20. The van der Waals surface area contributed by atoms with Crippen LogP contribution >= 0.6 is 12.2 Å². The van der Waals surface area contributed by atoms with E-state index in [2.05, 4.69) is 11.0 Å². The summed E-state index contributed by atoms with van der Waals surface area (Å²) in [6.45, 7) is 1.86. The first-order chi connectivity index (χ1) is 10.1. The zero-order valence-corrected chi connectivity index (χ0v) is 12.9. The Balaban J connectivity index is 1.70. The summed E-state index contributed by atoms with van der Waals surface area (Å²) >= 11 is 5.24. The van der Waals surface area contributed by atoms with Crippen molar-refractivity contribution in [3.8, 4) is 0 Å². The number of hydrogen-bond donors (Lipinski definition) is 2. The third-order valence-corrected chi connectivity index (χ3v) is 5.63. The van der Waals surface area contributed by atoms with E-state index in [1.807, 2.05) is 0 Å². The summed E-state index contributed by atoms with van der Waals surface area (Å²) in [6, 6.07) is 2.15. The van der Waals surface area contributed by atoms with Crippen LogP contribution in [-0.2, 0) is 12.8 Å². The van der Waals surface area contributed by atoms with Crippen molar-refractivity contribution in [2.75, 3.05) is 18.0 Å². The molecule has 1 aliphatic heterocycles. The molecule has 0 radical (unpaired) electrons. The highest BCUT2D eigenvalue weighted by Gasteiger charge is 2.42. The minimum Gasteiger partial charge on any atom is -0.393 e. The standard InChI is InChI=1S/C16H21N3OS/c17-15(21)11-6-9-2-1-3-13(9)18-16(11)19-7-10-4-5-14(20)12(10)8-19/h6,10,12,14,20H,1-5,7-8H2,(H2,17,21). The van der Waals surface area contributed by atoms with E-state index in [0.717, 1.165) is 50.2 Å². The molecule has 4 nitrogen and oxygen atoms in total. The molecule has 2 aliphatic carbocycles. The lowest BCUT2D eigenvalue weighted by Gasteiger charge is -2.23. The van der Waals surface area contributed by atoms with Crippen molar-refractivity contribution in [1.29, 1.82) is 0 Å². The van der Waals surface area contributed by atoms with Gasteiger partial charge in [-0.2, -0.15) is 0 Å². The van der Waals surface area contributed by atoms with Gasteiger partial charge in [0.05, 0.1) is 11.7 Å². The summed E-state index contributed by atoms with van der Waals surface area (Å²) in [6.07, 6.45) is 5.24. The van der Waals surface area contributed by atoms with Crippen LogP contribution in [0.2, 0.25) is 0 Å². The molecule has 2 heterocycles. The summed E-state index contributed by atoms with van der Waals surface area (Å²) in [4.78, 5) is 7.62. The molecule has 3 atom stereocenters. The molecule has 0 amide bonds. The number of nitrogens with zero attached hydrogens (tertiary/aromatic N) is 2. The number of aliphatic hydroxyl groups excluding tert-OH is 1. The fraction of sp³-hybridized carbons (Fsp3) is 0.625. The van der Waals surface area contributed by atoms with Crippen LogP contribution in [0.5, 0.6) is 0 Å². The van der Waals surface area contributed by atoms with Gasteiger partial charge in [0.15, 0.2) is 0 Å². The van der Waals surface area contributed by atoms with Crippen molar-refractivity contribution in [2.24, 2.45) is 17.6 Å². The highest BCUT2D eigenvalue weighted by molar-refractivity contribution is 7.80. The molecule has 1 saturated carbocycles. The minimum atomic E-state index is -0.150. The molecule has 1 aromatic heterocycles. The second kappa shape index (κ2) is 4.92. The van der Waals surface area contributed by atoms with E-state index in [1.165, 1.54) is 17.7 Å². The molecular formula is C16H21N3OS. The van der Waals surface area contributed by atoms with Crippen LogP contribution in [0.4, 0.5) is 5.82 Å². The maximum Gasteiger partial charge on any atom is 0.139 e. The van der Waals surface area contributed by atoms with Gasteiger partial charge in [0.2, 0.25) is 0 Å². The first kappa shape index (κ1) is 13.5. The molecule has 0 bridgehead atoms. The van der Waals surface area contributed by atoms with Gasteiger partial charge in [-0.25, -0.2) is 4.98 Å². The monoisotopic (exact) mass is 303 g/mol. The van der Waals surface area contributed by atoms with E-state index < -0.39 is 0 Å². The van der Waals surface area contributed by atoms with E-state index in [1.54, 1.807) is 0 Å². The number of aromatic nitrogens is 1. The van der Waals surface area contributed by atoms with E-state index in [-0.39, 0.29) is 6.10 Å². The van der Waals surface area contributed by atoms with Crippen molar-refractivity contribution in [1.82, 2.24) is 4.98 Å². The number of pyridine rings is 1. The van der Waals surface area contributed by atoms with Gasteiger partial charge in [0.25, 0.3) is 0 Å². The Morgan fingerprint density at radius 1 is 1.33 bits per heavy atom. The van der Waals surface area contributed by atoms with Gasteiger partial charge in [-0.05, 0) is 49.7 Å². The molecule has 3 N–H and O–H groups in total. The van der Waals surface area contributed by atoms with Crippen molar-refractivity contribution >= 4 is 23.0 Å². The Labute approximate surface area is 130 Å². The van der Waals surface area contributed by atoms with Gasteiger partial charge in [-0.15, -0.1) is 0 Å². The molecule has 21 heavy (non-hydrogen) atoms. The first-order valence-corrected chi connectivity index (χ1v) is 8.30. The van der Waals surface area contributed by atoms with Gasteiger partial charge in [0, 0.05) is 24.7 Å². The highest BCUT2D eigenvalue weighted by Crippen LogP contribution is 2.40. The smallest absolute Gasteiger partial charge is 0.139 e. The Morgan fingerprint density at radius 2 is 2.19 bits per heavy atom. The number of aliphatic hydroxyl groups is 1. The third kappa shape index (κ3) is 2.14. The first-order valence-electron chi connectivity index (χ1n) is 7.89. The predicted molar refractivity (Wildman–Crippen MR) is 86.6 cm³/mol. The number of thiocarbonyl (C=S) groups is 1. The van der Waals surface area contributed by atoms with Crippen LogP contribution < -0.4 is 10.6 Å². The number of rotatable bonds is 2.